The summed E-state index contributed by atoms with van der Waals surface area (Å²) in [7, 11) is -3.64. The summed E-state index contributed by atoms with van der Waals surface area (Å²) in [5, 5.41) is 0.607. The van der Waals surface area contributed by atoms with Crippen LogP contribution in [-0.4, -0.2) is 27.7 Å². The van der Waals surface area contributed by atoms with Crippen LogP contribution in [-0.2, 0) is 14.8 Å². The van der Waals surface area contributed by atoms with Crippen LogP contribution in [0.5, 0.6) is 0 Å². The molecule has 1 saturated heterocycles. The standard InChI is InChI=1S/C12H15Cl2NO3S/c1-8-10(13)4-5-11(12(8)14)19(16,17)15-7-9-3-2-6-18-9/h4-5,9,15H,2-3,6-7H2,1H3/t9-/m1/s1. The van der Waals surface area contributed by atoms with Crippen molar-refractivity contribution in [3.05, 3.63) is 27.7 Å². The molecular weight excluding hydrogens is 309 g/mol. The normalized spacial score (nSPS) is 19.8. The predicted octanol–water partition coefficient (Wildman–Crippen LogP) is 2.76. The second-order valence-electron chi connectivity index (χ2n) is 4.47. The summed E-state index contributed by atoms with van der Waals surface area (Å²) in [6.07, 6.45) is 1.78. The van der Waals surface area contributed by atoms with E-state index in [0.29, 0.717) is 17.2 Å². The van der Waals surface area contributed by atoms with Gasteiger partial charge in [0.1, 0.15) is 4.90 Å². The molecule has 0 aliphatic carbocycles. The van der Waals surface area contributed by atoms with Gasteiger partial charge in [0, 0.05) is 18.2 Å². The molecule has 0 amide bonds. The van der Waals surface area contributed by atoms with Crippen molar-refractivity contribution in [3.63, 3.8) is 0 Å². The second kappa shape index (κ2) is 5.97. The molecule has 19 heavy (non-hydrogen) atoms. The molecule has 1 aliphatic heterocycles. The molecule has 7 heteroatoms. The van der Waals surface area contributed by atoms with Crippen LogP contribution < -0.4 is 4.72 Å². The summed E-state index contributed by atoms with van der Waals surface area (Å²) in [6, 6.07) is 2.94. The lowest BCUT2D eigenvalue weighted by atomic mass is 10.2. The van der Waals surface area contributed by atoms with Crippen molar-refractivity contribution in [1.82, 2.24) is 4.72 Å². The van der Waals surface area contributed by atoms with Gasteiger partial charge in [0.25, 0.3) is 0 Å². The third-order valence-electron chi connectivity index (χ3n) is 3.10. The van der Waals surface area contributed by atoms with Crippen LogP contribution in [0.3, 0.4) is 0 Å². The van der Waals surface area contributed by atoms with E-state index in [1.54, 1.807) is 6.92 Å². The van der Waals surface area contributed by atoms with E-state index in [9.17, 15) is 8.42 Å². The van der Waals surface area contributed by atoms with Crippen LogP contribution in [0.2, 0.25) is 10.0 Å². The molecule has 0 saturated carbocycles. The summed E-state index contributed by atoms with van der Waals surface area (Å²) < 4.78 is 32.3. The zero-order valence-electron chi connectivity index (χ0n) is 10.4. The average molecular weight is 324 g/mol. The number of hydrogen-bond donors (Lipinski definition) is 1. The quantitative estimate of drug-likeness (QED) is 0.926. The van der Waals surface area contributed by atoms with Gasteiger partial charge < -0.3 is 4.74 Å². The van der Waals surface area contributed by atoms with Crippen molar-refractivity contribution in [2.24, 2.45) is 0 Å². The molecule has 1 aromatic carbocycles. The summed E-state index contributed by atoms with van der Waals surface area (Å²) in [5.74, 6) is 0. The number of nitrogens with one attached hydrogen (secondary N) is 1. The Morgan fingerprint density at radius 3 is 2.79 bits per heavy atom. The molecule has 1 aromatic rings. The zero-order valence-corrected chi connectivity index (χ0v) is 12.8. The molecule has 2 rings (SSSR count). The number of benzene rings is 1. The summed E-state index contributed by atoms with van der Waals surface area (Å²) in [4.78, 5) is 0.0501. The number of ether oxygens (including phenoxy) is 1. The molecular formula is C12H15Cl2NO3S. The van der Waals surface area contributed by atoms with E-state index in [1.807, 2.05) is 0 Å². The number of rotatable bonds is 4. The van der Waals surface area contributed by atoms with Crippen molar-refractivity contribution in [3.8, 4) is 0 Å². The Bertz CT molecular complexity index is 569. The predicted molar refractivity (Wildman–Crippen MR) is 75.4 cm³/mol. The van der Waals surface area contributed by atoms with Crippen LogP contribution in [0.4, 0.5) is 0 Å². The fourth-order valence-electron chi connectivity index (χ4n) is 1.93. The molecule has 0 spiro atoms. The van der Waals surface area contributed by atoms with Gasteiger partial charge in [0.05, 0.1) is 11.1 Å². The van der Waals surface area contributed by atoms with Crippen molar-refractivity contribution in [1.29, 1.82) is 0 Å². The SMILES string of the molecule is Cc1c(Cl)ccc(S(=O)(=O)NC[C@H]2CCCO2)c1Cl. The molecule has 106 valence electrons. The van der Waals surface area contributed by atoms with Gasteiger partial charge in [-0.2, -0.15) is 0 Å². The summed E-state index contributed by atoms with van der Waals surface area (Å²) >= 11 is 11.9. The van der Waals surface area contributed by atoms with E-state index in [4.69, 9.17) is 27.9 Å². The third-order valence-corrected chi connectivity index (χ3v) is 5.57. The highest BCUT2D eigenvalue weighted by Gasteiger charge is 2.23. The van der Waals surface area contributed by atoms with Crippen molar-refractivity contribution in [2.45, 2.75) is 30.8 Å². The maximum atomic E-state index is 12.2. The van der Waals surface area contributed by atoms with E-state index in [-0.39, 0.29) is 22.6 Å². The van der Waals surface area contributed by atoms with E-state index in [1.165, 1.54) is 12.1 Å². The highest BCUT2D eigenvalue weighted by molar-refractivity contribution is 7.89. The molecule has 1 fully saturated rings. The van der Waals surface area contributed by atoms with Gasteiger partial charge in [0.15, 0.2) is 0 Å². The number of hydrogen-bond acceptors (Lipinski definition) is 3. The van der Waals surface area contributed by atoms with Crippen molar-refractivity contribution < 1.29 is 13.2 Å². The van der Waals surface area contributed by atoms with E-state index >= 15 is 0 Å². The molecule has 1 atom stereocenters. The van der Waals surface area contributed by atoms with Crippen LogP contribution in [0.1, 0.15) is 18.4 Å². The highest BCUT2D eigenvalue weighted by atomic mass is 35.5. The molecule has 4 nitrogen and oxygen atoms in total. The average Bonchev–Trinajstić information content (AvgIpc) is 2.86. The minimum Gasteiger partial charge on any atom is -0.377 e. The first-order valence-corrected chi connectivity index (χ1v) is 8.21. The molecule has 0 aromatic heterocycles. The fourth-order valence-corrected chi connectivity index (χ4v) is 3.80. The van der Waals surface area contributed by atoms with Crippen molar-refractivity contribution in [2.75, 3.05) is 13.2 Å². The first kappa shape index (κ1) is 15.1. The maximum Gasteiger partial charge on any atom is 0.242 e. The van der Waals surface area contributed by atoms with E-state index in [0.717, 1.165) is 12.8 Å². The molecule has 1 heterocycles. The van der Waals surface area contributed by atoms with E-state index < -0.39 is 10.0 Å². The van der Waals surface area contributed by atoms with Gasteiger partial charge in [-0.3, -0.25) is 0 Å². The van der Waals surface area contributed by atoms with Crippen LogP contribution in [0.15, 0.2) is 17.0 Å². The second-order valence-corrected chi connectivity index (χ2v) is 6.99. The van der Waals surface area contributed by atoms with Gasteiger partial charge in [-0.15, -0.1) is 0 Å². The van der Waals surface area contributed by atoms with E-state index in [2.05, 4.69) is 4.72 Å². The first-order chi connectivity index (χ1) is 8.92. The Kier molecular flexibility index (Phi) is 4.74. The molecule has 0 radical (unpaired) electrons. The fraction of sp³-hybridized carbons (Fsp3) is 0.500. The van der Waals surface area contributed by atoms with Crippen LogP contribution >= 0.6 is 23.2 Å². The zero-order chi connectivity index (χ0) is 14.0. The topological polar surface area (TPSA) is 55.4 Å². The molecule has 1 aliphatic rings. The molecule has 1 N–H and O–H groups in total. The minimum absolute atomic E-state index is 0.0501. The van der Waals surface area contributed by atoms with Crippen LogP contribution in [0, 0.1) is 6.92 Å². The molecule has 0 unspecified atom stereocenters. The number of halogens is 2. The molecule has 0 bridgehead atoms. The maximum absolute atomic E-state index is 12.2. The highest BCUT2D eigenvalue weighted by Crippen LogP contribution is 2.30. The Balaban J connectivity index is 2.17. The van der Waals surface area contributed by atoms with Gasteiger partial charge in [-0.05, 0) is 37.5 Å². The van der Waals surface area contributed by atoms with Gasteiger partial charge >= 0.3 is 0 Å². The Labute approximate surface area is 123 Å². The Hall–Kier alpha value is -0.330. The van der Waals surface area contributed by atoms with Gasteiger partial charge in [0.2, 0.25) is 10.0 Å². The van der Waals surface area contributed by atoms with Crippen molar-refractivity contribution >= 4 is 33.2 Å². The lowest BCUT2D eigenvalue weighted by molar-refractivity contribution is 0.114. The lowest BCUT2D eigenvalue weighted by Crippen LogP contribution is -2.32. The summed E-state index contributed by atoms with van der Waals surface area (Å²) in [5.41, 5.74) is 0.559. The third kappa shape index (κ3) is 3.41. The van der Waals surface area contributed by atoms with Crippen LogP contribution in [0.25, 0.3) is 0 Å². The Morgan fingerprint density at radius 2 is 2.16 bits per heavy atom. The monoisotopic (exact) mass is 323 g/mol. The minimum atomic E-state index is -3.64. The first-order valence-electron chi connectivity index (χ1n) is 5.97. The smallest absolute Gasteiger partial charge is 0.242 e. The number of sulfonamides is 1. The lowest BCUT2D eigenvalue weighted by Gasteiger charge is -2.13. The van der Waals surface area contributed by atoms with Gasteiger partial charge in [-0.25, -0.2) is 13.1 Å². The Morgan fingerprint density at radius 1 is 1.42 bits per heavy atom. The summed E-state index contributed by atoms with van der Waals surface area (Å²) in [6.45, 7) is 2.64. The largest absolute Gasteiger partial charge is 0.377 e. The van der Waals surface area contributed by atoms with Gasteiger partial charge in [-0.1, -0.05) is 23.2 Å².